The molecule has 7 nitrogen and oxygen atoms in total. The first kappa shape index (κ1) is 16.1. The van der Waals surface area contributed by atoms with E-state index in [9.17, 15) is 14.7 Å². The second-order valence-electron chi connectivity index (χ2n) is 7.28. The second-order valence-corrected chi connectivity index (χ2v) is 7.28. The molecule has 2 unspecified atom stereocenters. The number of carbonyl (C=O) groups is 2. The standard InChI is InChI=1S/C18H21N3O4/c1-9-8-21(6-5-12(9)18(23)24)17(22)13-7-14(11-3-4-11)19-16-15(13)10(2)20-25-16/h7,9,11-12H,3-6,8H2,1-2H3,(H,23,24). The fourth-order valence-corrected chi connectivity index (χ4v) is 3.74. The van der Waals surface area contributed by atoms with Gasteiger partial charge in [0.1, 0.15) is 0 Å². The van der Waals surface area contributed by atoms with Crippen LogP contribution in [0.2, 0.25) is 0 Å². The molecule has 25 heavy (non-hydrogen) atoms. The third-order valence-electron chi connectivity index (χ3n) is 5.37. The van der Waals surface area contributed by atoms with Gasteiger partial charge in [0.2, 0.25) is 0 Å². The Hall–Kier alpha value is -2.44. The topological polar surface area (TPSA) is 96.5 Å². The molecular weight excluding hydrogens is 322 g/mol. The molecule has 2 aromatic heterocycles. The molecule has 1 aliphatic carbocycles. The van der Waals surface area contributed by atoms with E-state index >= 15 is 0 Å². The lowest BCUT2D eigenvalue weighted by molar-refractivity contribution is -0.145. The zero-order valence-electron chi connectivity index (χ0n) is 14.4. The summed E-state index contributed by atoms with van der Waals surface area (Å²) in [6, 6.07) is 1.88. The van der Waals surface area contributed by atoms with Gasteiger partial charge in [-0.1, -0.05) is 12.1 Å². The van der Waals surface area contributed by atoms with Crippen LogP contribution >= 0.6 is 0 Å². The highest BCUT2D eigenvalue weighted by Gasteiger charge is 2.35. The maximum Gasteiger partial charge on any atom is 0.306 e. The minimum atomic E-state index is -0.781. The van der Waals surface area contributed by atoms with Gasteiger partial charge in [0.25, 0.3) is 11.6 Å². The summed E-state index contributed by atoms with van der Waals surface area (Å²) in [5.74, 6) is -0.925. The van der Waals surface area contributed by atoms with Gasteiger partial charge in [0, 0.05) is 24.7 Å². The lowest BCUT2D eigenvalue weighted by Gasteiger charge is -2.35. The van der Waals surface area contributed by atoms with Crippen LogP contribution in [-0.4, -0.2) is 45.1 Å². The first-order valence-electron chi connectivity index (χ1n) is 8.74. The normalized spacial score (nSPS) is 23.8. The van der Waals surface area contributed by atoms with Crippen molar-refractivity contribution in [2.24, 2.45) is 11.8 Å². The van der Waals surface area contributed by atoms with Gasteiger partial charge < -0.3 is 14.5 Å². The number of pyridine rings is 1. The number of piperidine rings is 1. The number of hydrogen-bond donors (Lipinski definition) is 1. The van der Waals surface area contributed by atoms with Crippen molar-refractivity contribution in [2.75, 3.05) is 13.1 Å². The first-order valence-corrected chi connectivity index (χ1v) is 8.74. The average Bonchev–Trinajstić information content (AvgIpc) is 3.37. The number of likely N-dealkylation sites (tertiary alicyclic amines) is 1. The van der Waals surface area contributed by atoms with Gasteiger partial charge in [-0.2, -0.15) is 0 Å². The quantitative estimate of drug-likeness (QED) is 0.920. The Morgan fingerprint density at radius 1 is 1.32 bits per heavy atom. The van der Waals surface area contributed by atoms with Gasteiger partial charge in [0.15, 0.2) is 0 Å². The molecule has 4 rings (SSSR count). The van der Waals surface area contributed by atoms with E-state index in [1.54, 1.807) is 11.8 Å². The maximum atomic E-state index is 13.2. The highest BCUT2D eigenvalue weighted by Crippen LogP contribution is 2.40. The Bertz CT molecular complexity index is 855. The number of nitrogens with zero attached hydrogens (tertiary/aromatic N) is 3. The van der Waals surface area contributed by atoms with Crippen molar-refractivity contribution in [2.45, 2.75) is 39.0 Å². The molecule has 2 fully saturated rings. The Labute approximate surface area is 145 Å². The Morgan fingerprint density at radius 3 is 2.72 bits per heavy atom. The number of aromatic nitrogens is 2. The van der Waals surface area contributed by atoms with E-state index < -0.39 is 5.97 Å². The summed E-state index contributed by atoms with van der Waals surface area (Å²) >= 11 is 0. The Balaban J connectivity index is 1.68. The van der Waals surface area contributed by atoms with Crippen molar-refractivity contribution in [1.29, 1.82) is 0 Å². The number of rotatable bonds is 3. The van der Waals surface area contributed by atoms with Crippen molar-refractivity contribution < 1.29 is 19.2 Å². The van der Waals surface area contributed by atoms with Gasteiger partial charge in [-0.3, -0.25) is 9.59 Å². The molecule has 1 amide bonds. The van der Waals surface area contributed by atoms with Crippen LogP contribution in [-0.2, 0) is 4.79 Å². The van der Waals surface area contributed by atoms with E-state index in [1.165, 1.54) is 0 Å². The lowest BCUT2D eigenvalue weighted by atomic mass is 9.86. The third kappa shape index (κ3) is 2.77. The van der Waals surface area contributed by atoms with Gasteiger partial charge in [-0.05, 0) is 38.2 Å². The molecular formula is C18H21N3O4. The Kier molecular flexibility index (Phi) is 3.74. The van der Waals surface area contributed by atoms with Crippen molar-refractivity contribution >= 4 is 23.0 Å². The van der Waals surface area contributed by atoms with Crippen molar-refractivity contribution in [3.05, 3.63) is 23.0 Å². The molecule has 0 spiro atoms. The summed E-state index contributed by atoms with van der Waals surface area (Å²) in [6.45, 7) is 4.59. The largest absolute Gasteiger partial charge is 0.481 e. The number of hydrogen-bond acceptors (Lipinski definition) is 5. The van der Waals surface area contributed by atoms with Crippen LogP contribution in [0.25, 0.3) is 11.1 Å². The first-order chi connectivity index (χ1) is 12.0. The van der Waals surface area contributed by atoms with Crippen LogP contribution in [0.1, 0.15) is 53.8 Å². The summed E-state index contributed by atoms with van der Waals surface area (Å²) in [6.07, 6.45) is 2.65. The third-order valence-corrected chi connectivity index (χ3v) is 5.37. The molecule has 0 radical (unpaired) electrons. The monoisotopic (exact) mass is 343 g/mol. The van der Waals surface area contributed by atoms with E-state index in [1.807, 2.05) is 13.0 Å². The van der Waals surface area contributed by atoms with E-state index in [2.05, 4.69) is 10.1 Å². The van der Waals surface area contributed by atoms with Crippen molar-refractivity contribution in [3.63, 3.8) is 0 Å². The second kappa shape index (κ2) is 5.82. The van der Waals surface area contributed by atoms with Crippen LogP contribution < -0.4 is 0 Å². The molecule has 2 atom stereocenters. The average molecular weight is 343 g/mol. The minimum Gasteiger partial charge on any atom is -0.481 e. The van der Waals surface area contributed by atoms with Crippen LogP contribution in [0.15, 0.2) is 10.6 Å². The fraction of sp³-hybridized carbons (Fsp3) is 0.556. The molecule has 1 aliphatic heterocycles. The Morgan fingerprint density at radius 2 is 2.08 bits per heavy atom. The number of carbonyl (C=O) groups excluding carboxylic acids is 1. The zero-order valence-corrected chi connectivity index (χ0v) is 14.4. The van der Waals surface area contributed by atoms with E-state index in [0.717, 1.165) is 18.5 Å². The van der Waals surface area contributed by atoms with Crippen molar-refractivity contribution in [1.82, 2.24) is 15.0 Å². The molecule has 2 aromatic rings. The summed E-state index contributed by atoms with van der Waals surface area (Å²) in [4.78, 5) is 30.7. The van der Waals surface area contributed by atoms with Gasteiger partial charge in [-0.25, -0.2) is 4.98 Å². The van der Waals surface area contributed by atoms with E-state index in [0.29, 0.717) is 47.8 Å². The summed E-state index contributed by atoms with van der Waals surface area (Å²) in [5, 5.41) is 13.9. The number of amides is 1. The zero-order chi connectivity index (χ0) is 17.7. The molecule has 132 valence electrons. The molecule has 1 saturated carbocycles. The number of fused-ring (bicyclic) bond motifs is 1. The number of carboxylic acid groups (broad SMARTS) is 1. The molecule has 7 heteroatoms. The predicted octanol–water partition coefficient (Wildman–Crippen LogP) is 2.59. The lowest BCUT2D eigenvalue weighted by Crippen LogP contribution is -2.45. The van der Waals surface area contributed by atoms with Gasteiger partial charge >= 0.3 is 5.97 Å². The summed E-state index contributed by atoms with van der Waals surface area (Å²) in [7, 11) is 0. The van der Waals surface area contributed by atoms with E-state index in [-0.39, 0.29) is 17.7 Å². The molecule has 1 saturated heterocycles. The fourth-order valence-electron chi connectivity index (χ4n) is 3.74. The van der Waals surface area contributed by atoms with Crippen LogP contribution in [0, 0.1) is 18.8 Å². The van der Waals surface area contributed by atoms with Gasteiger partial charge in [-0.15, -0.1) is 0 Å². The van der Waals surface area contributed by atoms with E-state index in [4.69, 9.17) is 4.52 Å². The van der Waals surface area contributed by atoms with Gasteiger partial charge in [0.05, 0.1) is 22.6 Å². The van der Waals surface area contributed by atoms with Crippen LogP contribution in [0.4, 0.5) is 0 Å². The predicted molar refractivity (Wildman–Crippen MR) is 89.3 cm³/mol. The molecule has 2 aliphatic rings. The van der Waals surface area contributed by atoms with Crippen LogP contribution in [0.5, 0.6) is 0 Å². The number of carboxylic acids is 1. The molecule has 0 aromatic carbocycles. The summed E-state index contributed by atoms with van der Waals surface area (Å²) in [5.41, 5.74) is 2.53. The molecule has 0 bridgehead atoms. The SMILES string of the molecule is Cc1noc2nc(C3CC3)cc(C(=O)N3CCC(C(=O)O)C(C)C3)c12. The smallest absolute Gasteiger partial charge is 0.306 e. The molecule has 3 heterocycles. The maximum absolute atomic E-state index is 13.2. The number of aliphatic carboxylic acids is 1. The summed E-state index contributed by atoms with van der Waals surface area (Å²) < 4.78 is 5.31. The van der Waals surface area contributed by atoms with Crippen molar-refractivity contribution in [3.8, 4) is 0 Å². The molecule has 1 N–H and O–H groups in total. The highest BCUT2D eigenvalue weighted by molar-refractivity contribution is 6.06. The van der Waals surface area contributed by atoms with Crippen LogP contribution in [0.3, 0.4) is 0 Å². The minimum absolute atomic E-state index is 0.0704. The highest BCUT2D eigenvalue weighted by atomic mass is 16.5. The number of aryl methyl sites for hydroxylation is 1.